The van der Waals surface area contributed by atoms with Crippen LogP contribution >= 0.6 is 15.9 Å². The zero-order chi connectivity index (χ0) is 11.7. The lowest BCUT2D eigenvalue weighted by atomic mass is 10.3. The highest BCUT2D eigenvalue weighted by molar-refractivity contribution is 9.10. The fourth-order valence-electron chi connectivity index (χ4n) is 1.40. The predicted octanol–water partition coefficient (Wildman–Crippen LogP) is 1.18. The van der Waals surface area contributed by atoms with E-state index < -0.39 is 0 Å². The van der Waals surface area contributed by atoms with Crippen molar-refractivity contribution in [2.75, 3.05) is 5.73 Å². The van der Waals surface area contributed by atoms with Gasteiger partial charge in [0, 0.05) is 19.5 Å². The maximum absolute atomic E-state index is 5.72. The number of anilines is 1. The summed E-state index contributed by atoms with van der Waals surface area (Å²) < 4.78 is 2.29. The molecule has 0 fully saturated rings. The Morgan fingerprint density at radius 3 is 2.75 bits per heavy atom. The molecule has 0 aliphatic carbocycles. The predicted molar refractivity (Wildman–Crippen MR) is 63.5 cm³/mol. The molecule has 84 valence electrons. The monoisotopic (exact) mass is 282 g/mol. The van der Waals surface area contributed by atoms with Gasteiger partial charge in [0.1, 0.15) is 17.3 Å². The Bertz CT molecular complexity index is 501. The molecule has 2 aromatic rings. The molecule has 0 spiro atoms. The van der Waals surface area contributed by atoms with Crippen molar-refractivity contribution in [2.45, 2.75) is 13.3 Å². The Kier molecular flexibility index (Phi) is 2.86. The molecule has 0 atom stereocenters. The van der Waals surface area contributed by atoms with Gasteiger partial charge in [-0.3, -0.25) is 0 Å². The van der Waals surface area contributed by atoms with Crippen molar-refractivity contribution in [3.05, 3.63) is 16.5 Å². The van der Waals surface area contributed by atoms with Crippen LogP contribution in [0.4, 0.5) is 5.82 Å². The van der Waals surface area contributed by atoms with E-state index in [1.807, 2.05) is 6.92 Å². The van der Waals surface area contributed by atoms with Gasteiger partial charge in [-0.2, -0.15) is 0 Å². The summed E-state index contributed by atoms with van der Waals surface area (Å²) in [5, 5.41) is 7.80. The van der Waals surface area contributed by atoms with E-state index in [1.54, 1.807) is 17.8 Å². The van der Waals surface area contributed by atoms with Gasteiger partial charge < -0.3 is 5.73 Å². The number of rotatable bonds is 2. The molecule has 0 saturated carbocycles. The van der Waals surface area contributed by atoms with Crippen LogP contribution < -0.4 is 5.73 Å². The van der Waals surface area contributed by atoms with Crippen molar-refractivity contribution in [1.82, 2.24) is 25.0 Å². The average molecular weight is 283 g/mol. The largest absolute Gasteiger partial charge is 0.384 e. The first-order valence-corrected chi connectivity index (χ1v) is 5.60. The highest BCUT2D eigenvalue weighted by Gasteiger charge is 2.13. The summed E-state index contributed by atoms with van der Waals surface area (Å²) in [4.78, 5) is 8.52. The van der Waals surface area contributed by atoms with Crippen LogP contribution in [-0.2, 0) is 13.5 Å². The van der Waals surface area contributed by atoms with E-state index in [0.717, 1.165) is 17.8 Å². The van der Waals surface area contributed by atoms with E-state index in [0.29, 0.717) is 16.2 Å². The third kappa shape index (κ3) is 1.90. The van der Waals surface area contributed by atoms with Crippen LogP contribution in [0.15, 0.2) is 10.7 Å². The minimum absolute atomic E-state index is 0.454. The van der Waals surface area contributed by atoms with Crippen molar-refractivity contribution in [2.24, 2.45) is 7.05 Å². The maximum Gasteiger partial charge on any atom is 0.157 e. The van der Waals surface area contributed by atoms with Gasteiger partial charge >= 0.3 is 0 Å². The molecule has 0 aliphatic rings. The van der Waals surface area contributed by atoms with E-state index >= 15 is 0 Å². The van der Waals surface area contributed by atoms with E-state index in [9.17, 15) is 0 Å². The Morgan fingerprint density at radius 2 is 2.19 bits per heavy atom. The van der Waals surface area contributed by atoms with Gasteiger partial charge in [-0.15, -0.1) is 5.10 Å². The van der Waals surface area contributed by atoms with Crippen molar-refractivity contribution < 1.29 is 0 Å². The second kappa shape index (κ2) is 4.17. The molecule has 0 aliphatic heterocycles. The molecule has 0 saturated heterocycles. The SMILES string of the molecule is CCc1nc(N)cc(-c2c(Br)nnn2C)n1. The fourth-order valence-corrected chi connectivity index (χ4v) is 1.93. The second-order valence-corrected chi connectivity index (χ2v) is 4.05. The third-order valence-electron chi connectivity index (χ3n) is 2.14. The van der Waals surface area contributed by atoms with E-state index in [-0.39, 0.29) is 0 Å². The summed E-state index contributed by atoms with van der Waals surface area (Å²) in [5.41, 5.74) is 7.25. The van der Waals surface area contributed by atoms with Crippen molar-refractivity contribution in [3.63, 3.8) is 0 Å². The van der Waals surface area contributed by atoms with E-state index in [4.69, 9.17) is 5.73 Å². The standard InChI is InChI=1S/C9H11BrN6/c1-3-7-12-5(4-6(11)13-7)8-9(10)14-15-16(8)2/h4H,3H2,1-2H3,(H2,11,12,13). The summed E-state index contributed by atoms with van der Waals surface area (Å²) in [6.45, 7) is 1.98. The van der Waals surface area contributed by atoms with Gasteiger partial charge in [-0.05, 0) is 15.9 Å². The molecule has 0 radical (unpaired) electrons. The quantitative estimate of drug-likeness (QED) is 0.894. The molecule has 2 aromatic heterocycles. The maximum atomic E-state index is 5.72. The minimum Gasteiger partial charge on any atom is -0.384 e. The molecule has 2 N–H and O–H groups in total. The molecule has 6 nitrogen and oxygen atoms in total. The zero-order valence-corrected chi connectivity index (χ0v) is 10.6. The molecule has 2 rings (SSSR count). The second-order valence-electron chi connectivity index (χ2n) is 3.30. The topological polar surface area (TPSA) is 82.5 Å². The Balaban J connectivity index is 2.60. The molecule has 0 unspecified atom stereocenters. The highest BCUT2D eigenvalue weighted by atomic mass is 79.9. The molecular weight excluding hydrogens is 272 g/mol. The molecule has 2 heterocycles. The van der Waals surface area contributed by atoms with Crippen LogP contribution in [0.3, 0.4) is 0 Å². The smallest absolute Gasteiger partial charge is 0.157 e. The van der Waals surface area contributed by atoms with Gasteiger partial charge in [0.15, 0.2) is 4.60 Å². The summed E-state index contributed by atoms with van der Waals surface area (Å²) in [5.74, 6) is 1.16. The van der Waals surface area contributed by atoms with Crippen LogP contribution in [0, 0.1) is 0 Å². The van der Waals surface area contributed by atoms with Crippen LogP contribution in [-0.4, -0.2) is 25.0 Å². The van der Waals surface area contributed by atoms with Gasteiger partial charge in [0.2, 0.25) is 0 Å². The van der Waals surface area contributed by atoms with Crippen LogP contribution in [0.1, 0.15) is 12.7 Å². The minimum atomic E-state index is 0.454. The molecular formula is C9H11BrN6. The number of halogens is 1. The van der Waals surface area contributed by atoms with Crippen LogP contribution in [0.2, 0.25) is 0 Å². The number of hydrogen-bond donors (Lipinski definition) is 1. The lowest BCUT2D eigenvalue weighted by molar-refractivity contribution is 0.718. The number of nitrogens with two attached hydrogens (primary N) is 1. The van der Waals surface area contributed by atoms with E-state index in [1.165, 1.54) is 0 Å². The summed E-state index contributed by atoms with van der Waals surface area (Å²) in [7, 11) is 1.80. The number of nitrogens with zero attached hydrogens (tertiary/aromatic N) is 5. The molecule has 0 aromatic carbocycles. The Labute approximate surface area is 101 Å². The number of nitrogen functional groups attached to an aromatic ring is 1. The van der Waals surface area contributed by atoms with Crippen LogP contribution in [0.5, 0.6) is 0 Å². The third-order valence-corrected chi connectivity index (χ3v) is 2.67. The average Bonchev–Trinajstić information content (AvgIpc) is 2.57. The molecule has 0 amide bonds. The molecule has 0 bridgehead atoms. The van der Waals surface area contributed by atoms with Crippen molar-refractivity contribution >= 4 is 21.7 Å². The first-order chi connectivity index (χ1) is 7.61. The van der Waals surface area contributed by atoms with Crippen molar-refractivity contribution in [3.8, 4) is 11.4 Å². The number of aryl methyl sites for hydroxylation is 2. The van der Waals surface area contributed by atoms with Gasteiger partial charge in [0.05, 0.1) is 5.69 Å². The Morgan fingerprint density at radius 1 is 1.44 bits per heavy atom. The zero-order valence-electron chi connectivity index (χ0n) is 8.98. The van der Waals surface area contributed by atoms with Crippen LogP contribution in [0.25, 0.3) is 11.4 Å². The summed E-state index contributed by atoms with van der Waals surface area (Å²) in [6.07, 6.45) is 0.737. The lowest BCUT2D eigenvalue weighted by Gasteiger charge is -2.04. The molecule has 16 heavy (non-hydrogen) atoms. The van der Waals surface area contributed by atoms with Crippen molar-refractivity contribution in [1.29, 1.82) is 0 Å². The number of aromatic nitrogens is 5. The van der Waals surface area contributed by atoms with Gasteiger partial charge in [-0.1, -0.05) is 12.1 Å². The van der Waals surface area contributed by atoms with Gasteiger partial charge in [-0.25, -0.2) is 14.6 Å². The summed E-state index contributed by atoms with van der Waals surface area (Å²) in [6, 6.07) is 1.71. The summed E-state index contributed by atoms with van der Waals surface area (Å²) >= 11 is 3.33. The Hall–Kier alpha value is -1.50. The lowest BCUT2D eigenvalue weighted by Crippen LogP contribution is -2.03. The first-order valence-electron chi connectivity index (χ1n) is 4.80. The normalized spacial score (nSPS) is 10.7. The first kappa shape index (κ1) is 11.0. The van der Waals surface area contributed by atoms with E-state index in [2.05, 4.69) is 36.2 Å². The fraction of sp³-hybridized carbons (Fsp3) is 0.333. The van der Waals surface area contributed by atoms with Gasteiger partial charge in [0.25, 0.3) is 0 Å². The number of hydrogen-bond acceptors (Lipinski definition) is 5. The highest BCUT2D eigenvalue weighted by Crippen LogP contribution is 2.24. The molecule has 7 heteroatoms.